The second kappa shape index (κ2) is 2.66. The number of nitrogens with one attached hydrogen (secondary N) is 1. The first-order chi connectivity index (χ1) is 5.79. The molecule has 1 aliphatic rings. The van der Waals surface area contributed by atoms with Crippen LogP contribution in [0.15, 0.2) is 9.99 Å². The predicted molar refractivity (Wildman–Crippen MR) is 50.1 cm³/mol. The van der Waals surface area contributed by atoms with E-state index < -0.39 is 0 Å². The van der Waals surface area contributed by atoms with Crippen molar-refractivity contribution < 1.29 is 5.84 Å². The van der Waals surface area contributed by atoms with E-state index in [1.807, 2.05) is 7.05 Å². The van der Waals surface area contributed by atoms with Crippen LogP contribution in [0, 0.1) is 0 Å². The normalized spacial score (nSPS) is 15.3. The lowest BCUT2D eigenvalue weighted by Crippen LogP contribution is -1.95. The second-order valence-electron chi connectivity index (χ2n) is 3.07. The van der Waals surface area contributed by atoms with Crippen LogP contribution < -0.4 is 5.32 Å². The number of anilines is 1. The molecule has 0 aliphatic heterocycles. The smallest absolute Gasteiger partial charge is 0.295 e. The highest BCUT2D eigenvalue weighted by Crippen LogP contribution is 2.25. The van der Waals surface area contributed by atoms with Gasteiger partial charge in [0.1, 0.15) is 0 Å². The Morgan fingerprint density at radius 1 is 1.58 bits per heavy atom. The van der Waals surface area contributed by atoms with Crippen LogP contribution in [-0.4, -0.2) is 12.0 Å². The van der Waals surface area contributed by atoms with Crippen molar-refractivity contribution in [3.63, 3.8) is 0 Å². The Labute approximate surface area is 73.0 Å². The first-order valence-corrected chi connectivity index (χ1v) is 4.14. The van der Waals surface area contributed by atoms with Gasteiger partial charge in [-0.25, -0.2) is 0 Å². The van der Waals surface area contributed by atoms with Gasteiger partial charge in [0.25, 0.3) is 6.01 Å². The monoisotopic (exact) mass is 166 g/mol. The second-order valence-corrected chi connectivity index (χ2v) is 3.07. The summed E-state index contributed by atoms with van der Waals surface area (Å²) in [5.41, 5.74) is 2.44. The topological polar surface area (TPSA) is 38.1 Å². The van der Waals surface area contributed by atoms with E-state index in [2.05, 4.69) is 23.3 Å². The van der Waals surface area contributed by atoms with Crippen LogP contribution >= 0.6 is 0 Å². The zero-order valence-electron chi connectivity index (χ0n) is 7.35. The van der Waals surface area contributed by atoms with Crippen LogP contribution in [0.2, 0.25) is 0 Å². The van der Waals surface area contributed by atoms with Crippen LogP contribution in [0.4, 0.5) is 6.01 Å². The summed E-state index contributed by atoms with van der Waals surface area (Å²) in [4.78, 5) is 4.28. The zero-order valence-corrected chi connectivity index (χ0v) is 7.35. The molecule has 2 rings (SSSR count). The first-order valence-electron chi connectivity index (χ1n) is 4.14. The summed E-state index contributed by atoms with van der Waals surface area (Å²) in [6.45, 7) is 2.12. The van der Waals surface area contributed by atoms with Gasteiger partial charge in [0, 0.05) is 8.47 Å². The lowest BCUT2D eigenvalue weighted by molar-refractivity contribution is 0.560. The molecule has 0 unspecified atom stereocenters. The van der Waals surface area contributed by atoms with Crippen molar-refractivity contribution in [1.82, 2.24) is 4.98 Å². The Hall–Kier alpha value is -1.25. The first kappa shape index (κ1) is 7.40. The molecule has 3 nitrogen and oxygen atoms in total. The van der Waals surface area contributed by atoms with E-state index in [1.165, 1.54) is 5.57 Å². The van der Waals surface area contributed by atoms with Gasteiger partial charge < -0.3 is 9.73 Å². The minimum atomic E-state index is 0. The van der Waals surface area contributed by atoms with Crippen molar-refractivity contribution in [2.75, 3.05) is 12.4 Å². The summed E-state index contributed by atoms with van der Waals surface area (Å²) in [5, 5.41) is 2.89. The fourth-order valence-electron chi connectivity index (χ4n) is 1.37. The van der Waals surface area contributed by atoms with Gasteiger partial charge in [-0.15, -0.1) is 0 Å². The molecule has 1 N–H and O–H groups in total. The predicted octanol–water partition coefficient (Wildman–Crippen LogP) is 2.31. The highest BCUT2D eigenvalue weighted by molar-refractivity contribution is 5.53. The van der Waals surface area contributed by atoms with Crippen LogP contribution in [0.3, 0.4) is 0 Å². The number of aromatic nitrogens is 1. The molecule has 1 aliphatic carbocycles. The molecule has 66 valence electrons. The minimum absolute atomic E-state index is 0. The fourth-order valence-corrected chi connectivity index (χ4v) is 1.37. The van der Waals surface area contributed by atoms with E-state index in [0.717, 1.165) is 24.3 Å². The van der Waals surface area contributed by atoms with Crippen molar-refractivity contribution in [3.8, 4) is 0 Å². The van der Waals surface area contributed by atoms with Crippen molar-refractivity contribution in [2.45, 2.75) is 19.8 Å². The average molecular weight is 166 g/mol. The summed E-state index contributed by atoms with van der Waals surface area (Å²) < 4.78 is 5.43. The number of rotatable bonds is 1. The van der Waals surface area contributed by atoms with Crippen molar-refractivity contribution in [3.05, 3.63) is 17.0 Å². The maximum atomic E-state index is 5.43. The van der Waals surface area contributed by atoms with E-state index in [4.69, 9.17) is 4.42 Å². The molecule has 0 amide bonds. The molecule has 1 aromatic rings. The highest BCUT2D eigenvalue weighted by atomic mass is 16.4. The highest BCUT2D eigenvalue weighted by Gasteiger charge is 2.14. The number of hydrogen-bond acceptors (Lipinski definition) is 3. The Kier molecular flexibility index (Phi) is 1.64. The lowest BCUT2D eigenvalue weighted by atomic mass is 10.0. The molecule has 0 aromatic carbocycles. The van der Waals surface area contributed by atoms with Gasteiger partial charge >= 0.3 is 0 Å². The maximum Gasteiger partial charge on any atom is 0.295 e. The third-order valence-corrected chi connectivity index (χ3v) is 2.08. The Bertz CT molecular complexity index is 330. The number of fused-ring (bicyclic) bond motifs is 1. The molecule has 0 spiro atoms. The molecule has 12 heavy (non-hydrogen) atoms. The Balaban J connectivity index is 0.000000845. The SMILES string of the molecule is CNc1nc2c(o1)C=C(C)CC2.[HH]. The molecule has 3 heteroatoms. The largest absolute Gasteiger partial charge is 0.424 e. The fraction of sp³-hybridized carbons (Fsp3) is 0.444. The zero-order chi connectivity index (χ0) is 8.55. The molecule has 0 bridgehead atoms. The number of nitrogens with zero attached hydrogens (tertiary/aromatic N) is 1. The van der Waals surface area contributed by atoms with Crippen molar-refractivity contribution in [1.29, 1.82) is 0 Å². The van der Waals surface area contributed by atoms with E-state index in [1.54, 1.807) is 0 Å². The summed E-state index contributed by atoms with van der Waals surface area (Å²) in [7, 11) is 1.81. The van der Waals surface area contributed by atoms with Gasteiger partial charge in [0.2, 0.25) is 0 Å². The Morgan fingerprint density at radius 2 is 2.42 bits per heavy atom. The molecule has 0 saturated carbocycles. The van der Waals surface area contributed by atoms with Gasteiger partial charge in [-0.2, -0.15) is 4.98 Å². The number of hydrogen-bond donors (Lipinski definition) is 1. The average Bonchev–Trinajstić information content (AvgIpc) is 2.46. The molecule has 0 atom stereocenters. The van der Waals surface area contributed by atoms with Gasteiger partial charge in [-0.3, -0.25) is 0 Å². The van der Waals surface area contributed by atoms with Gasteiger partial charge in [0.05, 0.1) is 5.69 Å². The molecule has 1 heterocycles. The molecular weight excluding hydrogens is 152 g/mol. The quantitative estimate of drug-likeness (QED) is 0.695. The van der Waals surface area contributed by atoms with E-state index in [0.29, 0.717) is 6.01 Å². The summed E-state index contributed by atoms with van der Waals surface area (Å²) in [6.07, 6.45) is 4.16. The third kappa shape index (κ3) is 1.11. The molecular formula is C9H14N2O. The number of oxazole rings is 1. The number of aryl methyl sites for hydroxylation is 1. The minimum Gasteiger partial charge on any atom is -0.424 e. The van der Waals surface area contributed by atoms with E-state index in [9.17, 15) is 0 Å². The van der Waals surface area contributed by atoms with E-state index >= 15 is 0 Å². The number of allylic oxidation sites excluding steroid dienone is 1. The molecule has 0 saturated heterocycles. The molecule has 0 fully saturated rings. The van der Waals surface area contributed by atoms with Crippen LogP contribution in [0.5, 0.6) is 0 Å². The summed E-state index contributed by atoms with van der Waals surface area (Å²) in [6, 6.07) is 0.617. The van der Waals surface area contributed by atoms with Crippen molar-refractivity contribution in [2.24, 2.45) is 0 Å². The summed E-state index contributed by atoms with van der Waals surface area (Å²) in [5.74, 6) is 0.920. The molecule has 1 aromatic heterocycles. The lowest BCUT2D eigenvalue weighted by Gasteiger charge is -2.04. The van der Waals surface area contributed by atoms with Gasteiger partial charge in [-0.1, -0.05) is 5.57 Å². The third-order valence-electron chi connectivity index (χ3n) is 2.08. The van der Waals surface area contributed by atoms with E-state index in [-0.39, 0.29) is 1.43 Å². The van der Waals surface area contributed by atoms with Crippen LogP contribution in [0.1, 0.15) is 26.2 Å². The standard InChI is InChI=1S/C9H12N2O.H2/c1-6-3-4-7-8(5-6)12-9(10-2)11-7;/h5H,3-4H2,1-2H3,(H,10,11);1H. The van der Waals surface area contributed by atoms with Crippen molar-refractivity contribution >= 4 is 12.1 Å². The van der Waals surface area contributed by atoms with Crippen LogP contribution in [-0.2, 0) is 6.42 Å². The summed E-state index contributed by atoms with van der Waals surface area (Å²) >= 11 is 0. The Morgan fingerprint density at radius 3 is 3.17 bits per heavy atom. The van der Waals surface area contributed by atoms with Gasteiger partial charge in [0.15, 0.2) is 5.76 Å². The van der Waals surface area contributed by atoms with Gasteiger partial charge in [-0.05, 0) is 25.8 Å². The van der Waals surface area contributed by atoms with Crippen LogP contribution in [0.25, 0.3) is 6.08 Å². The molecule has 0 radical (unpaired) electrons. The maximum absolute atomic E-state index is 5.43.